The van der Waals surface area contributed by atoms with Gasteiger partial charge >= 0.3 is 0 Å². The molecule has 3 heteroatoms. The molecule has 0 aromatic heterocycles. The van der Waals surface area contributed by atoms with Gasteiger partial charge in [0.25, 0.3) is 0 Å². The molecule has 1 unspecified atom stereocenters. The van der Waals surface area contributed by atoms with Crippen LogP contribution in [-0.2, 0) is 4.74 Å². The van der Waals surface area contributed by atoms with Crippen LogP contribution in [0.5, 0.6) is 0 Å². The highest BCUT2D eigenvalue weighted by molar-refractivity contribution is 4.83. The quantitative estimate of drug-likeness (QED) is 0.745. The topological polar surface area (TPSA) is 32.7 Å². The Balaban J connectivity index is 2.38. The van der Waals surface area contributed by atoms with E-state index in [-0.39, 0.29) is 0 Å². The average molecular weight is 243 g/mol. The van der Waals surface area contributed by atoms with E-state index in [1.807, 2.05) is 0 Å². The van der Waals surface area contributed by atoms with E-state index in [1.54, 1.807) is 0 Å². The Morgan fingerprint density at radius 3 is 2.59 bits per heavy atom. The Kier molecular flexibility index (Phi) is 6.45. The summed E-state index contributed by atoms with van der Waals surface area (Å²) >= 11 is 0. The second-order valence-corrected chi connectivity index (χ2v) is 5.30. The Hall–Kier alpha value is -0.120. The Bertz CT molecular complexity index is 204. The van der Waals surface area contributed by atoms with Crippen molar-refractivity contribution in [1.82, 2.24) is 4.90 Å². The molecule has 1 rings (SSSR count). The van der Waals surface area contributed by atoms with Gasteiger partial charge in [0.05, 0.1) is 11.7 Å². The second-order valence-electron chi connectivity index (χ2n) is 5.30. The summed E-state index contributed by atoms with van der Waals surface area (Å²) in [6.45, 7) is 10.0. The summed E-state index contributed by atoms with van der Waals surface area (Å²) in [6.07, 6.45) is 5.50. The Labute approximate surface area is 106 Å². The fourth-order valence-electron chi connectivity index (χ4n) is 2.47. The average Bonchev–Trinajstić information content (AvgIpc) is 2.36. The molecule has 1 fully saturated rings. The fourth-order valence-corrected chi connectivity index (χ4v) is 2.47. The number of nitrogens with zero attached hydrogens (tertiary/aromatic N) is 1. The fraction of sp³-hybridized carbons (Fsp3) is 1.00. The van der Waals surface area contributed by atoms with Crippen molar-refractivity contribution < 1.29 is 9.84 Å². The minimum absolute atomic E-state index is 0.377. The van der Waals surface area contributed by atoms with E-state index in [4.69, 9.17) is 4.74 Å². The first kappa shape index (κ1) is 14.9. The second kappa shape index (κ2) is 7.34. The lowest BCUT2D eigenvalue weighted by Crippen LogP contribution is -2.48. The molecule has 1 aliphatic heterocycles. The summed E-state index contributed by atoms with van der Waals surface area (Å²) < 4.78 is 5.82. The van der Waals surface area contributed by atoms with E-state index in [1.165, 1.54) is 12.8 Å². The summed E-state index contributed by atoms with van der Waals surface area (Å²) in [7, 11) is 0. The smallest absolute Gasteiger partial charge is 0.0768 e. The van der Waals surface area contributed by atoms with Gasteiger partial charge < -0.3 is 9.84 Å². The molecule has 0 aromatic rings. The number of aliphatic hydroxyl groups is 1. The monoisotopic (exact) mass is 243 g/mol. The van der Waals surface area contributed by atoms with E-state index in [0.29, 0.717) is 6.10 Å². The first-order valence-electron chi connectivity index (χ1n) is 7.20. The molecule has 1 saturated heterocycles. The minimum Gasteiger partial charge on any atom is -0.389 e. The predicted octanol–water partition coefficient (Wildman–Crippen LogP) is 2.43. The van der Waals surface area contributed by atoms with Gasteiger partial charge in [0.1, 0.15) is 0 Å². The molecule has 1 N–H and O–H groups in total. The third-order valence-corrected chi connectivity index (χ3v) is 3.85. The van der Waals surface area contributed by atoms with Crippen LogP contribution in [0.2, 0.25) is 0 Å². The van der Waals surface area contributed by atoms with Crippen molar-refractivity contribution in [2.75, 3.05) is 26.2 Å². The molecular formula is C14H29NO2. The standard InChI is InChI=1S/C14H29NO2/c1-4-10-17-13-8-7-9-15(11-13)12-14(16,5-2)6-3/h13,16H,4-12H2,1-3H3. The maximum absolute atomic E-state index is 10.4. The lowest BCUT2D eigenvalue weighted by atomic mass is 9.95. The van der Waals surface area contributed by atoms with E-state index in [0.717, 1.165) is 45.5 Å². The lowest BCUT2D eigenvalue weighted by molar-refractivity contribution is -0.0440. The van der Waals surface area contributed by atoms with Crippen LogP contribution in [-0.4, -0.2) is 48.0 Å². The first-order valence-corrected chi connectivity index (χ1v) is 7.20. The summed E-state index contributed by atoms with van der Waals surface area (Å²) in [5.74, 6) is 0. The number of likely N-dealkylation sites (tertiary alicyclic amines) is 1. The van der Waals surface area contributed by atoms with E-state index < -0.39 is 5.60 Å². The van der Waals surface area contributed by atoms with Gasteiger partial charge in [0.2, 0.25) is 0 Å². The third kappa shape index (κ3) is 4.94. The summed E-state index contributed by atoms with van der Waals surface area (Å²) in [4.78, 5) is 2.37. The molecule has 0 radical (unpaired) electrons. The largest absolute Gasteiger partial charge is 0.389 e. The van der Waals surface area contributed by atoms with Gasteiger partial charge in [-0.3, -0.25) is 4.90 Å². The normalized spacial score (nSPS) is 22.9. The minimum atomic E-state index is -0.507. The van der Waals surface area contributed by atoms with Crippen molar-refractivity contribution in [2.24, 2.45) is 0 Å². The van der Waals surface area contributed by atoms with Crippen molar-refractivity contribution in [3.05, 3.63) is 0 Å². The molecule has 0 bridgehead atoms. The Morgan fingerprint density at radius 1 is 1.29 bits per heavy atom. The van der Waals surface area contributed by atoms with Gasteiger partial charge in [0, 0.05) is 19.7 Å². The molecule has 0 aromatic carbocycles. The summed E-state index contributed by atoms with van der Waals surface area (Å²) in [5, 5.41) is 10.4. The Morgan fingerprint density at radius 2 is 2.00 bits per heavy atom. The van der Waals surface area contributed by atoms with Gasteiger partial charge in [0.15, 0.2) is 0 Å². The molecular weight excluding hydrogens is 214 g/mol. The zero-order chi connectivity index (χ0) is 12.7. The highest BCUT2D eigenvalue weighted by Crippen LogP contribution is 2.20. The maximum Gasteiger partial charge on any atom is 0.0768 e. The van der Waals surface area contributed by atoms with Crippen molar-refractivity contribution >= 4 is 0 Å². The molecule has 3 nitrogen and oxygen atoms in total. The number of piperidine rings is 1. The van der Waals surface area contributed by atoms with Crippen LogP contribution in [0.1, 0.15) is 52.9 Å². The summed E-state index contributed by atoms with van der Waals surface area (Å²) in [5.41, 5.74) is -0.507. The molecule has 0 amide bonds. The van der Waals surface area contributed by atoms with Crippen molar-refractivity contribution in [1.29, 1.82) is 0 Å². The van der Waals surface area contributed by atoms with Gasteiger partial charge in [-0.1, -0.05) is 20.8 Å². The molecule has 1 atom stereocenters. The van der Waals surface area contributed by atoms with Crippen LogP contribution in [0.25, 0.3) is 0 Å². The molecule has 17 heavy (non-hydrogen) atoms. The van der Waals surface area contributed by atoms with Crippen LogP contribution in [0.15, 0.2) is 0 Å². The van der Waals surface area contributed by atoms with Crippen LogP contribution < -0.4 is 0 Å². The van der Waals surface area contributed by atoms with Gasteiger partial charge in [-0.2, -0.15) is 0 Å². The van der Waals surface area contributed by atoms with Gasteiger partial charge in [-0.05, 0) is 38.6 Å². The van der Waals surface area contributed by atoms with E-state index >= 15 is 0 Å². The molecule has 1 aliphatic rings. The van der Waals surface area contributed by atoms with Crippen LogP contribution in [0.4, 0.5) is 0 Å². The zero-order valence-electron chi connectivity index (χ0n) is 11.7. The third-order valence-electron chi connectivity index (χ3n) is 3.85. The van der Waals surface area contributed by atoms with Crippen LogP contribution in [0.3, 0.4) is 0 Å². The van der Waals surface area contributed by atoms with Gasteiger partial charge in [-0.15, -0.1) is 0 Å². The molecule has 0 spiro atoms. The SMILES string of the molecule is CCCOC1CCCN(CC(O)(CC)CC)C1. The van der Waals surface area contributed by atoms with E-state index in [2.05, 4.69) is 25.7 Å². The van der Waals surface area contributed by atoms with Crippen LogP contribution >= 0.6 is 0 Å². The van der Waals surface area contributed by atoms with Crippen molar-refractivity contribution in [3.8, 4) is 0 Å². The van der Waals surface area contributed by atoms with Gasteiger partial charge in [-0.25, -0.2) is 0 Å². The highest BCUT2D eigenvalue weighted by Gasteiger charge is 2.28. The number of rotatable bonds is 7. The zero-order valence-corrected chi connectivity index (χ0v) is 11.7. The van der Waals surface area contributed by atoms with E-state index in [9.17, 15) is 5.11 Å². The van der Waals surface area contributed by atoms with Crippen molar-refractivity contribution in [2.45, 2.75) is 64.6 Å². The molecule has 1 heterocycles. The van der Waals surface area contributed by atoms with Crippen LogP contribution in [0, 0.1) is 0 Å². The number of hydrogen-bond donors (Lipinski definition) is 1. The molecule has 0 saturated carbocycles. The first-order chi connectivity index (χ1) is 8.13. The number of hydrogen-bond acceptors (Lipinski definition) is 3. The highest BCUT2D eigenvalue weighted by atomic mass is 16.5. The predicted molar refractivity (Wildman–Crippen MR) is 71.2 cm³/mol. The maximum atomic E-state index is 10.4. The number of ether oxygens (including phenoxy) is 1. The molecule has 102 valence electrons. The van der Waals surface area contributed by atoms with Crippen molar-refractivity contribution in [3.63, 3.8) is 0 Å². The molecule has 0 aliphatic carbocycles. The lowest BCUT2D eigenvalue weighted by Gasteiger charge is -2.38. The summed E-state index contributed by atoms with van der Waals surface area (Å²) in [6, 6.07) is 0. The number of β-amino-alcohol motifs (C(OH)–C–C–N with tert-alkyl or cyclic N) is 1.